The zero-order valence-electron chi connectivity index (χ0n) is 25.6. The highest BCUT2D eigenvalue weighted by Gasteiger charge is 2.43. The fourth-order valence-electron chi connectivity index (χ4n) is 4.90. The van der Waals surface area contributed by atoms with Gasteiger partial charge in [0.1, 0.15) is 6.04 Å². The van der Waals surface area contributed by atoms with E-state index < -0.39 is 11.7 Å². The zero-order chi connectivity index (χ0) is 30.3. The van der Waals surface area contributed by atoms with Crippen LogP contribution in [0.3, 0.4) is 0 Å². The number of carbonyl (C=O) groups excluding carboxylic acids is 3. The lowest BCUT2D eigenvalue weighted by Crippen LogP contribution is -2.55. The Morgan fingerprint density at radius 3 is 2.33 bits per heavy atom. The number of carbonyl (C=O) groups is 3. The fourth-order valence-corrected chi connectivity index (χ4v) is 5.70. The van der Waals surface area contributed by atoms with Crippen molar-refractivity contribution in [2.45, 2.75) is 105 Å². The largest absolute Gasteiger partial charge is 0.348 e. The van der Waals surface area contributed by atoms with Crippen LogP contribution in [-0.2, 0) is 14.4 Å². The van der Waals surface area contributed by atoms with Crippen LogP contribution < -0.4 is 10.6 Å². The monoisotopic (exact) mass is 574 g/mol. The second-order valence-electron chi connectivity index (χ2n) is 11.5. The standard InChI is InChI=1S/C25H36N4O2S.C4H5FO.C2H6/c1-15-13-18(21-17(3)27-14-32-21)10-11-19(15)16(2)28-23(30)20-9-8-12-29(20)24(31)22(26-7)25(4,5)6;5-4(3-6)1-2-4;1-2/h10-11,13-14,16,20,22,26H,8-9,12H2,1-7H3,(H,28,30);3H,1-2H2;1-2H3. The maximum atomic E-state index is 13.2. The first-order chi connectivity index (χ1) is 18.8. The van der Waals surface area contributed by atoms with E-state index in [1.165, 1.54) is 4.88 Å². The second kappa shape index (κ2) is 14.3. The molecule has 2 N–H and O–H groups in total. The number of amides is 2. The number of hydrogen-bond donors (Lipinski definition) is 2. The van der Waals surface area contributed by atoms with E-state index in [4.69, 9.17) is 0 Å². The predicted octanol–water partition coefficient (Wildman–Crippen LogP) is 5.94. The van der Waals surface area contributed by atoms with Crippen molar-refractivity contribution in [3.05, 3.63) is 40.5 Å². The molecule has 0 radical (unpaired) electrons. The highest BCUT2D eigenvalue weighted by atomic mass is 32.1. The van der Waals surface area contributed by atoms with Gasteiger partial charge >= 0.3 is 0 Å². The fraction of sp³-hybridized carbons (Fsp3) is 0.613. The summed E-state index contributed by atoms with van der Waals surface area (Å²) in [5.41, 5.74) is 4.65. The Morgan fingerprint density at radius 1 is 1.23 bits per heavy atom. The lowest BCUT2D eigenvalue weighted by atomic mass is 9.86. The van der Waals surface area contributed by atoms with Gasteiger partial charge in [0.15, 0.2) is 12.0 Å². The van der Waals surface area contributed by atoms with Gasteiger partial charge in [0.2, 0.25) is 11.8 Å². The van der Waals surface area contributed by atoms with Crippen LogP contribution in [0.15, 0.2) is 23.7 Å². The molecule has 9 heteroatoms. The lowest BCUT2D eigenvalue weighted by Gasteiger charge is -2.35. The van der Waals surface area contributed by atoms with E-state index in [1.807, 2.05) is 54.0 Å². The van der Waals surface area contributed by atoms with Crippen molar-refractivity contribution in [3.63, 3.8) is 0 Å². The Kier molecular flexibility index (Phi) is 12.0. The number of halogens is 1. The summed E-state index contributed by atoms with van der Waals surface area (Å²) in [6.45, 7) is 16.8. The van der Waals surface area contributed by atoms with Gasteiger partial charge in [-0.15, -0.1) is 11.3 Å². The van der Waals surface area contributed by atoms with Crippen LogP contribution in [-0.4, -0.2) is 59.3 Å². The first-order valence-corrected chi connectivity index (χ1v) is 15.1. The highest BCUT2D eigenvalue weighted by Crippen LogP contribution is 2.37. The van der Waals surface area contributed by atoms with Gasteiger partial charge in [-0.3, -0.25) is 14.4 Å². The third-order valence-electron chi connectivity index (χ3n) is 7.28. The van der Waals surface area contributed by atoms with E-state index in [0.717, 1.165) is 28.8 Å². The maximum absolute atomic E-state index is 13.2. The molecule has 1 saturated carbocycles. The Morgan fingerprint density at radius 2 is 1.88 bits per heavy atom. The summed E-state index contributed by atoms with van der Waals surface area (Å²) in [6.07, 6.45) is 2.81. The lowest BCUT2D eigenvalue weighted by molar-refractivity contribution is -0.142. The van der Waals surface area contributed by atoms with Crippen LogP contribution in [0.25, 0.3) is 10.4 Å². The highest BCUT2D eigenvalue weighted by molar-refractivity contribution is 7.13. The molecule has 2 heterocycles. The van der Waals surface area contributed by atoms with Gasteiger partial charge in [-0.25, -0.2) is 9.37 Å². The smallest absolute Gasteiger partial charge is 0.243 e. The van der Waals surface area contributed by atoms with Gasteiger partial charge in [0.25, 0.3) is 0 Å². The molecule has 40 heavy (non-hydrogen) atoms. The molecule has 0 bridgehead atoms. The van der Waals surface area contributed by atoms with Gasteiger partial charge in [-0.2, -0.15) is 0 Å². The minimum Gasteiger partial charge on any atom is -0.348 e. The van der Waals surface area contributed by atoms with Crippen LogP contribution in [0.4, 0.5) is 4.39 Å². The number of benzene rings is 1. The molecule has 7 nitrogen and oxygen atoms in total. The van der Waals surface area contributed by atoms with Gasteiger partial charge in [-0.05, 0) is 75.6 Å². The zero-order valence-corrected chi connectivity index (χ0v) is 26.4. The Labute approximate surface area is 243 Å². The number of aldehydes is 1. The summed E-state index contributed by atoms with van der Waals surface area (Å²) in [5, 5.41) is 6.31. The van der Waals surface area contributed by atoms with E-state index in [-0.39, 0.29) is 29.3 Å². The molecule has 1 aromatic carbocycles. The van der Waals surface area contributed by atoms with Crippen molar-refractivity contribution < 1.29 is 18.8 Å². The molecule has 2 amide bonds. The Bertz CT molecular complexity index is 1160. The molecule has 222 valence electrons. The van der Waals surface area contributed by atoms with E-state index in [1.54, 1.807) is 23.3 Å². The Balaban J connectivity index is 0.000000609. The van der Waals surface area contributed by atoms with Crippen molar-refractivity contribution in [2.24, 2.45) is 5.41 Å². The molecule has 2 aromatic rings. The normalized spacial score (nSPS) is 18.9. The van der Waals surface area contributed by atoms with Crippen LogP contribution in [0.2, 0.25) is 0 Å². The number of nitrogens with one attached hydrogen (secondary N) is 2. The molecule has 1 aliphatic carbocycles. The minimum atomic E-state index is -1.39. The molecule has 3 unspecified atom stereocenters. The predicted molar refractivity (Wildman–Crippen MR) is 161 cm³/mol. The van der Waals surface area contributed by atoms with Crippen molar-refractivity contribution in [3.8, 4) is 10.4 Å². The summed E-state index contributed by atoms with van der Waals surface area (Å²) >= 11 is 1.64. The quantitative estimate of drug-likeness (QED) is 0.399. The number of thiazole rings is 1. The van der Waals surface area contributed by atoms with Gasteiger partial charge < -0.3 is 15.5 Å². The number of hydrogen-bond acceptors (Lipinski definition) is 6. The van der Waals surface area contributed by atoms with E-state index in [0.29, 0.717) is 32.1 Å². The molecule has 0 spiro atoms. The molecule has 2 aliphatic rings. The van der Waals surface area contributed by atoms with Crippen molar-refractivity contribution >= 4 is 29.4 Å². The van der Waals surface area contributed by atoms with Gasteiger partial charge in [0, 0.05) is 6.54 Å². The minimum absolute atomic E-state index is 0.00534. The van der Waals surface area contributed by atoms with Crippen molar-refractivity contribution in [2.75, 3.05) is 13.6 Å². The molecule has 1 aromatic heterocycles. The first-order valence-electron chi connectivity index (χ1n) is 14.3. The number of likely N-dealkylation sites (tertiary alicyclic amines) is 1. The van der Waals surface area contributed by atoms with Gasteiger partial charge in [0.05, 0.1) is 28.2 Å². The summed E-state index contributed by atoms with van der Waals surface area (Å²) in [5.74, 6) is -0.0698. The Hall–Kier alpha value is -2.65. The number of rotatable bonds is 7. The third kappa shape index (κ3) is 8.43. The summed E-state index contributed by atoms with van der Waals surface area (Å²) < 4.78 is 11.9. The molecule has 1 saturated heterocycles. The van der Waals surface area contributed by atoms with Crippen molar-refractivity contribution in [1.29, 1.82) is 0 Å². The third-order valence-corrected chi connectivity index (χ3v) is 8.26. The topological polar surface area (TPSA) is 91.4 Å². The average Bonchev–Trinajstić information content (AvgIpc) is 3.27. The molecular weight excluding hydrogens is 527 g/mol. The number of likely N-dealkylation sites (N-methyl/N-ethyl adjacent to an activating group) is 1. The molecular formula is C31H47FN4O3S. The van der Waals surface area contributed by atoms with Crippen LogP contribution in [0.5, 0.6) is 0 Å². The molecule has 3 atom stereocenters. The molecule has 1 aliphatic heterocycles. The summed E-state index contributed by atoms with van der Waals surface area (Å²) in [7, 11) is 1.81. The molecule has 4 rings (SSSR count). The number of nitrogens with zero attached hydrogens (tertiary/aromatic N) is 2. The van der Waals surface area contributed by atoms with Crippen LogP contribution in [0.1, 0.15) is 90.1 Å². The van der Waals surface area contributed by atoms with Crippen LogP contribution in [0, 0.1) is 19.3 Å². The number of aryl methyl sites for hydroxylation is 2. The summed E-state index contributed by atoms with van der Waals surface area (Å²) in [4.78, 5) is 43.2. The van der Waals surface area contributed by atoms with E-state index in [9.17, 15) is 18.8 Å². The van der Waals surface area contributed by atoms with Gasteiger partial charge in [-0.1, -0.05) is 52.8 Å². The molecule has 2 fully saturated rings. The van der Waals surface area contributed by atoms with E-state index in [2.05, 4.69) is 40.7 Å². The second-order valence-corrected chi connectivity index (χ2v) is 12.4. The summed E-state index contributed by atoms with van der Waals surface area (Å²) in [6, 6.07) is 5.46. The van der Waals surface area contributed by atoms with E-state index >= 15 is 0 Å². The van der Waals surface area contributed by atoms with Crippen LogP contribution >= 0.6 is 11.3 Å². The SMILES string of the molecule is CC.CNC(C(=O)N1CCCC1C(=O)NC(C)c1ccc(-c2scnc2C)cc1C)C(C)(C)C.O=CC1(F)CC1. The first kappa shape index (κ1) is 33.6. The van der Waals surface area contributed by atoms with Crippen molar-refractivity contribution in [1.82, 2.24) is 20.5 Å². The maximum Gasteiger partial charge on any atom is 0.243 e. The average molecular weight is 575 g/mol. The number of aromatic nitrogens is 1. The number of alkyl halides is 1.